The summed E-state index contributed by atoms with van der Waals surface area (Å²) < 4.78 is 1.12. The van der Waals surface area contributed by atoms with Crippen molar-refractivity contribution < 1.29 is 0 Å². The Morgan fingerprint density at radius 2 is 1.95 bits per heavy atom. The third-order valence-electron chi connectivity index (χ3n) is 3.56. The number of thioether (sulfide) groups is 1. The summed E-state index contributed by atoms with van der Waals surface area (Å²) in [6.07, 6.45) is 1.02. The normalized spacial score (nSPS) is 26.3. The lowest BCUT2D eigenvalue weighted by Gasteiger charge is -2.35. The lowest BCUT2D eigenvalue weighted by Crippen LogP contribution is -2.41. The Morgan fingerprint density at radius 3 is 2.58 bits per heavy atom. The standard InChI is InChI=1S/C15H23BrN2S/c1-11-9-18(10-12(2)19-11)8-7-15(17)13-5-3-4-6-14(13)16/h3-6,11-12,15H,7-10,17H2,1-2H3. The van der Waals surface area contributed by atoms with Gasteiger partial charge in [-0.15, -0.1) is 0 Å². The molecule has 1 saturated heterocycles. The fraction of sp³-hybridized carbons (Fsp3) is 0.600. The van der Waals surface area contributed by atoms with E-state index in [-0.39, 0.29) is 6.04 Å². The maximum Gasteiger partial charge on any atom is 0.0318 e. The largest absolute Gasteiger partial charge is 0.324 e. The first-order chi connectivity index (χ1) is 9.06. The number of halogens is 1. The Kier molecular flexibility index (Phi) is 5.75. The maximum atomic E-state index is 6.32. The van der Waals surface area contributed by atoms with Gasteiger partial charge in [0.15, 0.2) is 0 Å². The molecule has 1 heterocycles. The number of rotatable bonds is 4. The van der Waals surface area contributed by atoms with Crippen LogP contribution in [0.2, 0.25) is 0 Å². The quantitative estimate of drug-likeness (QED) is 0.905. The van der Waals surface area contributed by atoms with Crippen molar-refractivity contribution in [1.82, 2.24) is 4.90 Å². The first-order valence-electron chi connectivity index (χ1n) is 6.94. The molecule has 2 rings (SSSR count). The minimum Gasteiger partial charge on any atom is -0.324 e. The fourth-order valence-electron chi connectivity index (χ4n) is 2.72. The molecule has 1 fully saturated rings. The minimum atomic E-state index is 0.121. The van der Waals surface area contributed by atoms with E-state index in [1.54, 1.807) is 0 Å². The molecule has 1 aromatic rings. The number of nitrogens with zero attached hydrogens (tertiary/aromatic N) is 1. The van der Waals surface area contributed by atoms with Crippen LogP contribution in [0, 0.1) is 0 Å². The predicted octanol–water partition coefficient (Wildman–Crippen LogP) is 3.66. The Balaban J connectivity index is 1.87. The van der Waals surface area contributed by atoms with Crippen molar-refractivity contribution in [3.05, 3.63) is 34.3 Å². The van der Waals surface area contributed by atoms with E-state index in [1.807, 2.05) is 6.07 Å². The minimum absolute atomic E-state index is 0.121. The third kappa shape index (κ3) is 4.48. The first-order valence-corrected chi connectivity index (χ1v) is 8.67. The van der Waals surface area contributed by atoms with Crippen molar-refractivity contribution in [2.75, 3.05) is 19.6 Å². The van der Waals surface area contributed by atoms with Crippen molar-refractivity contribution in [3.8, 4) is 0 Å². The molecular weight excluding hydrogens is 320 g/mol. The van der Waals surface area contributed by atoms with Crippen molar-refractivity contribution in [2.45, 2.75) is 36.8 Å². The molecule has 0 bridgehead atoms. The SMILES string of the molecule is CC1CN(CCC(N)c2ccccc2Br)CC(C)S1. The van der Waals surface area contributed by atoms with Gasteiger partial charge in [0.05, 0.1) is 0 Å². The van der Waals surface area contributed by atoms with Crippen LogP contribution in [0.3, 0.4) is 0 Å². The molecule has 3 unspecified atom stereocenters. The Labute approximate surface area is 129 Å². The second-order valence-corrected chi connectivity index (χ2v) is 8.17. The van der Waals surface area contributed by atoms with Gasteiger partial charge in [-0.25, -0.2) is 0 Å². The molecule has 0 amide bonds. The Morgan fingerprint density at radius 1 is 1.32 bits per heavy atom. The smallest absolute Gasteiger partial charge is 0.0318 e. The summed E-state index contributed by atoms with van der Waals surface area (Å²) >= 11 is 5.68. The summed E-state index contributed by atoms with van der Waals surface area (Å²) in [6.45, 7) is 8.12. The van der Waals surface area contributed by atoms with E-state index in [0.29, 0.717) is 0 Å². The molecule has 3 atom stereocenters. The lowest BCUT2D eigenvalue weighted by molar-refractivity contribution is 0.260. The van der Waals surface area contributed by atoms with Crippen molar-refractivity contribution in [2.24, 2.45) is 5.73 Å². The van der Waals surface area contributed by atoms with Gasteiger partial charge in [-0.05, 0) is 18.1 Å². The molecule has 0 saturated carbocycles. The van der Waals surface area contributed by atoms with Crippen LogP contribution in [0.4, 0.5) is 0 Å². The number of hydrogen-bond donors (Lipinski definition) is 1. The van der Waals surface area contributed by atoms with E-state index < -0.39 is 0 Å². The highest BCUT2D eigenvalue weighted by molar-refractivity contribution is 9.10. The van der Waals surface area contributed by atoms with E-state index in [0.717, 1.165) is 27.9 Å². The number of hydrogen-bond acceptors (Lipinski definition) is 3. The predicted molar refractivity (Wildman–Crippen MR) is 88.6 cm³/mol. The van der Waals surface area contributed by atoms with Gasteiger partial charge in [-0.1, -0.05) is 48.0 Å². The maximum absolute atomic E-state index is 6.32. The molecule has 0 aromatic heterocycles. The molecule has 0 spiro atoms. The van der Waals surface area contributed by atoms with Crippen LogP contribution in [0.5, 0.6) is 0 Å². The van der Waals surface area contributed by atoms with Crippen LogP contribution in [-0.2, 0) is 0 Å². The molecule has 0 radical (unpaired) electrons. The van der Waals surface area contributed by atoms with Gasteiger partial charge < -0.3 is 10.6 Å². The molecule has 106 valence electrons. The van der Waals surface area contributed by atoms with Crippen LogP contribution in [-0.4, -0.2) is 35.0 Å². The van der Waals surface area contributed by atoms with Crippen molar-refractivity contribution in [3.63, 3.8) is 0 Å². The zero-order valence-corrected chi connectivity index (χ0v) is 14.1. The van der Waals surface area contributed by atoms with Gasteiger partial charge in [0.25, 0.3) is 0 Å². The Bertz CT molecular complexity index is 403. The number of nitrogens with two attached hydrogens (primary N) is 1. The van der Waals surface area contributed by atoms with Gasteiger partial charge in [0.1, 0.15) is 0 Å². The topological polar surface area (TPSA) is 29.3 Å². The molecular formula is C15H23BrN2S. The summed E-state index contributed by atoms with van der Waals surface area (Å²) in [5.74, 6) is 0. The second-order valence-electron chi connectivity index (χ2n) is 5.43. The fourth-order valence-corrected chi connectivity index (χ4v) is 4.69. The first kappa shape index (κ1) is 15.4. The number of benzene rings is 1. The van der Waals surface area contributed by atoms with Crippen molar-refractivity contribution in [1.29, 1.82) is 0 Å². The molecule has 2 nitrogen and oxygen atoms in total. The van der Waals surface area contributed by atoms with Gasteiger partial charge in [-0.2, -0.15) is 11.8 Å². The molecule has 1 aromatic carbocycles. The van der Waals surface area contributed by atoms with Crippen LogP contribution < -0.4 is 5.73 Å². The second kappa shape index (κ2) is 7.11. The van der Waals surface area contributed by atoms with Crippen LogP contribution in [0.25, 0.3) is 0 Å². The zero-order valence-electron chi connectivity index (χ0n) is 11.7. The Hall–Kier alpha value is -0.0300. The molecule has 2 N–H and O–H groups in total. The van der Waals surface area contributed by atoms with Crippen molar-refractivity contribution >= 4 is 27.7 Å². The van der Waals surface area contributed by atoms with Crippen LogP contribution >= 0.6 is 27.7 Å². The lowest BCUT2D eigenvalue weighted by atomic mass is 10.0. The molecule has 4 heteroatoms. The third-order valence-corrected chi connectivity index (χ3v) is 5.51. The monoisotopic (exact) mass is 342 g/mol. The van der Waals surface area contributed by atoms with E-state index in [9.17, 15) is 0 Å². The van der Waals surface area contributed by atoms with Gasteiger partial charge in [0, 0.05) is 40.6 Å². The van der Waals surface area contributed by atoms with Gasteiger partial charge in [0.2, 0.25) is 0 Å². The van der Waals surface area contributed by atoms with E-state index >= 15 is 0 Å². The van der Waals surface area contributed by atoms with Crippen LogP contribution in [0.15, 0.2) is 28.7 Å². The molecule has 19 heavy (non-hydrogen) atoms. The van der Waals surface area contributed by atoms with Gasteiger partial charge in [-0.3, -0.25) is 0 Å². The highest BCUT2D eigenvalue weighted by Crippen LogP contribution is 2.27. The zero-order chi connectivity index (χ0) is 13.8. The summed E-state index contributed by atoms with van der Waals surface area (Å²) in [6, 6.07) is 8.39. The van der Waals surface area contributed by atoms with E-state index in [2.05, 4.69) is 64.6 Å². The summed E-state index contributed by atoms with van der Waals surface area (Å²) in [5.41, 5.74) is 7.54. The average Bonchev–Trinajstić information content (AvgIpc) is 2.35. The average molecular weight is 343 g/mol. The highest BCUT2D eigenvalue weighted by Gasteiger charge is 2.22. The summed E-state index contributed by atoms with van der Waals surface area (Å²) in [7, 11) is 0. The van der Waals surface area contributed by atoms with E-state index in [1.165, 1.54) is 18.7 Å². The molecule has 0 aliphatic carbocycles. The summed E-state index contributed by atoms with van der Waals surface area (Å²) in [5, 5.41) is 1.48. The van der Waals surface area contributed by atoms with Gasteiger partial charge >= 0.3 is 0 Å². The van der Waals surface area contributed by atoms with E-state index in [4.69, 9.17) is 5.73 Å². The van der Waals surface area contributed by atoms with Crippen LogP contribution in [0.1, 0.15) is 31.9 Å². The molecule has 1 aliphatic heterocycles. The summed E-state index contributed by atoms with van der Waals surface area (Å²) in [4.78, 5) is 2.56. The molecule has 1 aliphatic rings. The highest BCUT2D eigenvalue weighted by atomic mass is 79.9.